The lowest BCUT2D eigenvalue weighted by Gasteiger charge is -2.15. The molecule has 0 rings (SSSR count). The summed E-state index contributed by atoms with van der Waals surface area (Å²) in [5.41, 5.74) is 0. The van der Waals surface area contributed by atoms with Crippen LogP contribution in [0.1, 0.15) is 181 Å². The van der Waals surface area contributed by atoms with Crippen molar-refractivity contribution in [3.63, 3.8) is 0 Å². The third-order valence-corrected chi connectivity index (χ3v) is 8.36. The molecule has 0 saturated heterocycles. The first kappa shape index (κ1) is 45.1. The first-order valence-corrected chi connectivity index (χ1v) is 19.9. The third kappa shape index (κ3) is 38.4. The summed E-state index contributed by atoms with van der Waals surface area (Å²) in [6, 6.07) is 0. The molecular weight excluding hydrogens is 580 g/mol. The lowest BCUT2D eigenvalue weighted by atomic mass is 10.0. The summed E-state index contributed by atoms with van der Waals surface area (Å²) in [7, 11) is 0. The molecule has 1 unspecified atom stereocenters. The zero-order chi connectivity index (χ0) is 34.1. The van der Waals surface area contributed by atoms with Gasteiger partial charge in [0.15, 0.2) is 0 Å². The Balaban J connectivity index is 3.49. The molecule has 272 valence electrons. The molecule has 0 aromatic heterocycles. The number of allylic oxidation sites excluding steroid dienone is 10. The predicted octanol–water partition coefficient (Wildman–Crippen LogP) is 12.9. The Morgan fingerprint density at radius 2 is 0.957 bits per heavy atom. The van der Waals surface area contributed by atoms with Crippen molar-refractivity contribution >= 4 is 5.97 Å². The predicted molar refractivity (Wildman–Crippen MR) is 205 cm³/mol. The number of hydrogen-bond acceptors (Lipinski definition) is 4. The van der Waals surface area contributed by atoms with Gasteiger partial charge in [0, 0.05) is 13.0 Å². The van der Waals surface area contributed by atoms with Crippen LogP contribution >= 0.6 is 0 Å². The average molecular weight is 657 g/mol. The fraction of sp³-hybridized carbons (Fsp3) is 0.744. The highest BCUT2D eigenvalue weighted by Gasteiger charge is 2.13. The molecule has 1 N–H and O–H groups in total. The molecule has 0 spiro atoms. The number of unbranched alkanes of at least 4 members (excludes halogenated alkanes) is 18. The van der Waals surface area contributed by atoms with Crippen molar-refractivity contribution in [3.8, 4) is 0 Å². The number of aliphatic hydroxyl groups excluding tert-OH is 1. The Labute approximate surface area is 292 Å². The minimum absolute atomic E-state index is 0.178. The molecule has 0 bridgehead atoms. The van der Waals surface area contributed by atoms with Gasteiger partial charge in [-0.05, 0) is 57.8 Å². The van der Waals surface area contributed by atoms with Gasteiger partial charge in [0.05, 0.1) is 13.2 Å². The number of ether oxygens (including phenoxy) is 2. The quantitative estimate of drug-likeness (QED) is 0.0414. The Hall–Kier alpha value is -1.91. The van der Waals surface area contributed by atoms with Crippen molar-refractivity contribution in [2.45, 2.75) is 187 Å². The van der Waals surface area contributed by atoms with Gasteiger partial charge >= 0.3 is 5.97 Å². The minimum Gasteiger partial charge on any atom is -0.457 e. The van der Waals surface area contributed by atoms with Crippen molar-refractivity contribution in [3.05, 3.63) is 60.8 Å². The van der Waals surface area contributed by atoms with Crippen LogP contribution in [0.2, 0.25) is 0 Å². The van der Waals surface area contributed by atoms with Crippen molar-refractivity contribution in [1.29, 1.82) is 0 Å². The van der Waals surface area contributed by atoms with Crippen LogP contribution in [-0.4, -0.2) is 37.0 Å². The van der Waals surface area contributed by atoms with Crippen molar-refractivity contribution in [2.75, 3.05) is 19.8 Å². The summed E-state index contributed by atoms with van der Waals surface area (Å²) >= 11 is 0. The maximum Gasteiger partial charge on any atom is 0.306 e. The van der Waals surface area contributed by atoms with Crippen LogP contribution in [0.4, 0.5) is 0 Å². The number of rotatable bonds is 36. The van der Waals surface area contributed by atoms with E-state index >= 15 is 0 Å². The van der Waals surface area contributed by atoms with Crippen LogP contribution in [0, 0.1) is 0 Å². The molecule has 0 amide bonds. The normalized spacial score (nSPS) is 13.0. The van der Waals surface area contributed by atoms with E-state index in [4.69, 9.17) is 9.47 Å². The van der Waals surface area contributed by atoms with Crippen LogP contribution < -0.4 is 0 Å². The van der Waals surface area contributed by atoms with Gasteiger partial charge < -0.3 is 14.6 Å². The fourth-order valence-electron chi connectivity index (χ4n) is 5.41. The summed E-state index contributed by atoms with van der Waals surface area (Å²) < 4.78 is 11.1. The van der Waals surface area contributed by atoms with Crippen molar-refractivity contribution < 1.29 is 19.4 Å². The highest BCUT2D eigenvalue weighted by molar-refractivity contribution is 5.69. The molecule has 0 aliphatic carbocycles. The monoisotopic (exact) mass is 657 g/mol. The molecule has 0 aromatic rings. The number of aliphatic hydroxyl groups is 1. The van der Waals surface area contributed by atoms with E-state index in [1.54, 1.807) is 0 Å². The number of hydrogen-bond donors (Lipinski definition) is 1. The largest absolute Gasteiger partial charge is 0.457 e. The molecular formula is C43H76O4. The van der Waals surface area contributed by atoms with E-state index in [2.05, 4.69) is 74.6 Å². The Morgan fingerprint density at radius 3 is 1.45 bits per heavy atom. The molecule has 0 radical (unpaired) electrons. The van der Waals surface area contributed by atoms with Crippen LogP contribution in [0.25, 0.3) is 0 Å². The molecule has 0 heterocycles. The van der Waals surface area contributed by atoms with Gasteiger partial charge in [-0.25, -0.2) is 0 Å². The smallest absolute Gasteiger partial charge is 0.306 e. The van der Waals surface area contributed by atoms with Gasteiger partial charge in [-0.15, -0.1) is 0 Å². The van der Waals surface area contributed by atoms with Crippen LogP contribution in [0.5, 0.6) is 0 Å². The Bertz CT molecular complexity index is 779. The summed E-state index contributed by atoms with van der Waals surface area (Å²) in [5.74, 6) is -0.208. The minimum atomic E-state index is -0.541. The van der Waals surface area contributed by atoms with E-state index in [9.17, 15) is 9.90 Å². The molecule has 0 aliphatic rings. The fourth-order valence-corrected chi connectivity index (χ4v) is 5.41. The summed E-state index contributed by atoms with van der Waals surface area (Å²) in [4.78, 5) is 12.1. The van der Waals surface area contributed by atoms with Gasteiger partial charge in [-0.3, -0.25) is 4.79 Å². The van der Waals surface area contributed by atoms with Gasteiger partial charge in [0.1, 0.15) is 6.10 Å². The van der Waals surface area contributed by atoms with Crippen LogP contribution in [-0.2, 0) is 14.3 Å². The SMILES string of the molecule is CC/C=C\C/C=C\C/C=C\C/C=C\C/C=C\CCCCCCCCOCC(CO)OC(=O)CCCCCCCCCCCCCCC. The average Bonchev–Trinajstić information content (AvgIpc) is 3.08. The molecule has 0 aliphatic heterocycles. The van der Waals surface area contributed by atoms with E-state index in [0.717, 1.165) is 64.2 Å². The maximum absolute atomic E-state index is 12.1. The second-order valence-corrected chi connectivity index (χ2v) is 13.0. The van der Waals surface area contributed by atoms with Crippen molar-refractivity contribution in [2.24, 2.45) is 0 Å². The lowest BCUT2D eigenvalue weighted by molar-refractivity contribution is -0.154. The van der Waals surface area contributed by atoms with E-state index in [1.807, 2.05) is 0 Å². The molecule has 0 aromatic carbocycles. The second kappa shape index (κ2) is 40.3. The van der Waals surface area contributed by atoms with E-state index in [0.29, 0.717) is 13.0 Å². The van der Waals surface area contributed by atoms with Gasteiger partial charge in [-0.2, -0.15) is 0 Å². The van der Waals surface area contributed by atoms with Gasteiger partial charge in [-0.1, -0.05) is 177 Å². The van der Waals surface area contributed by atoms with Crippen LogP contribution in [0.3, 0.4) is 0 Å². The topological polar surface area (TPSA) is 55.8 Å². The molecule has 4 heteroatoms. The zero-order valence-electron chi connectivity index (χ0n) is 31.0. The highest BCUT2D eigenvalue weighted by Crippen LogP contribution is 2.14. The standard InChI is InChI=1S/C43H76O4/c1-3-5-7-9-11-13-15-17-18-19-20-21-22-23-24-25-27-29-31-33-35-37-39-46-41-42(40-44)47-43(45)38-36-34-32-30-28-26-16-14-12-10-8-6-4-2/h5,7,11,13,17-18,20-21,23-24,42,44H,3-4,6,8-10,12,14-16,19,22,25-41H2,1-2H3/b7-5-,13-11-,18-17-,21-20-,24-23-. The number of carbonyl (C=O) groups is 1. The summed E-state index contributed by atoms with van der Waals surface area (Å²) in [6.07, 6.45) is 52.7. The highest BCUT2D eigenvalue weighted by atomic mass is 16.6. The summed E-state index contributed by atoms with van der Waals surface area (Å²) in [5, 5.41) is 9.57. The molecule has 1 atom stereocenters. The lowest BCUT2D eigenvalue weighted by Crippen LogP contribution is -2.27. The first-order valence-electron chi connectivity index (χ1n) is 19.9. The summed E-state index contributed by atoms with van der Waals surface area (Å²) in [6.45, 7) is 5.20. The number of carbonyl (C=O) groups excluding carboxylic acids is 1. The van der Waals surface area contributed by atoms with E-state index in [1.165, 1.54) is 96.3 Å². The van der Waals surface area contributed by atoms with Gasteiger partial charge in [0.25, 0.3) is 0 Å². The van der Waals surface area contributed by atoms with Crippen molar-refractivity contribution in [1.82, 2.24) is 0 Å². The van der Waals surface area contributed by atoms with E-state index < -0.39 is 6.10 Å². The molecule has 4 nitrogen and oxygen atoms in total. The zero-order valence-corrected chi connectivity index (χ0v) is 31.0. The Morgan fingerprint density at radius 1 is 0.532 bits per heavy atom. The second-order valence-electron chi connectivity index (χ2n) is 13.0. The maximum atomic E-state index is 12.1. The Kier molecular flexibility index (Phi) is 38.6. The molecule has 47 heavy (non-hydrogen) atoms. The molecule has 0 fully saturated rings. The number of esters is 1. The van der Waals surface area contributed by atoms with Gasteiger partial charge in [0.2, 0.25) is 0 Å². The third-order valence-electron chi connectivity index (χ3n) is 8.36. The van der Waals surface area contributed by atoms with Crippen LogP contribution in [0.15, 0.2) is 60.8 Å². The first-order chi connectivity index (χ1) is 23.2. The molecule has 0 saturated carbocycles. The van der Waals surface area contributed by atoms with E-state index in [-0.39, 0.29) is 19.2 Å².